The average molecular weight is 315 g/mol. The number of rotatable bonds is 6. The number of carbonyl (C=O) groups excluding carboxylic acids is 2. The molecule has 0 saturated heterocycles. The SMILES string of the molecule is Cc1nc2c(C(N)=O)ncn2c(C)c1CCC(=O)NCC1CC1. The van der Waals surface area contributed by atoms with Crippen molar-refractivity contribution in [3.63, 3.8) is 0 Å². The van der Waals surface area contributed by atoms with E-state index in [0.717, 1.165) is 23.5 Å². The lowest BCUT2D eigenvalue weighted by atomic mass is 10.1. The van der Waals surface area contributed by atoms with Gasteiger partial charge in [-0.1, -0.05) is 0 Å². The van der Waals surface area contributed by atoms with E-state index in [0.29, 0.717) is 24.4 Å². The smallest absolute Gasteiger partial charge is 0.271 e. The number of primary amides is 1. The third kappa shape index (κ3) is 3.18. The van der Waals surface area contributed by atoms with Crippen molar-refractivity contribution in [2.24, 2.45) is 11.7 Å². The first-order valence-corrected chi connectivity index (χ1v) is 7.87. The molecule has 0 bridgehead atoms. The molecule has 3 rings (SSSR count). The molecule has 1 fully saturated rings. The van der Waals surface area contributed by atoms with Gasteiger partial charge in [-0.25, -0.2) is 9.97 Å². The average Bonchev–Trinajstić information content (AvgIpc) is 3.23. The van der Waals surface area contributed by atoms with Gasteiger partial charge in [0.25, 0.3) is 5.91 Å². The molecule has 3 N–H and O–H groups in total. The maximum Gasteiger partial charge on any atom is 0.271 e. The van der Waals surface area contributed by atoms with Crippen molar-refractivity contribution in [2.75, 3.05) is 6.54 Å². The van der Waals surface area contributed by atoms with Crippen LogP contribution in [0.1, 0.15) is 46.7 Å². The van der Waals surface area contributed by atoms with Crippen LogP contribution in [0.3, 0.4) is 0 Å². The van der Waals surface area contributed by atoms with Gasteiger partial charge in [0.2, 0.25) is 5.91 Å². The summed E-state index contributed by atoms with van der Waals surface area (Å²) in [5.41, 5.74) is 8.69. The van der Waals surface area contributed by atoms with Crippen LogP contribution in [0, 0.1) is 19.8 Å². The minimum atomic E-state index is -0.592. The number of imidazole rings is 1. The van der Waals surface area contributed by atoms with Crippen LogP contribution < -0.4 is 11.1 Å². The van der Waals surface area contributed by atoms with Crippen LogP contribution in [0.2, 0.25) is 0 Å². The molecule has 7 heteroatoms. The zero-order chi connectivity index (χ0) is 16.6. The number of nitrogens with two attached hydrogens (primary N) is 1. The second-order valence-electron chi connectivity index (χ2n) is 6.16. The molecule has 7 nitrogen and oxygen atoms in total. The Kier molecular flexibility index (Phi) is 4.02. The third-order valence-corrected chi connectivity index (χ3v) is 4.37. The highest BCUT2D eigenvalue weighted by Crippen LogP contribution is 2.27. The molecule has 0 spiro atoms. The Bertz CT molecular complexity index is 776. The highest BCUT2D eigenvalue weighted by atomic mass is 16.2. The summed E-state index contributed by atoms with van der Waals surface area (Å²) < 4.78 is 1.75. The number of amides is 2. The first kappa shape index (κ1) is 15.5. The molecule has 2 heterocycles. The first-order chi connectivity index (χ1) is 11.0. The van der Waals surface area contributed by atoms with Crippen LogP contribution in [0.25, 0.3) is 5.65 Å². The minimum Gasteiger partial charge on any atom is -0.364 e. The number of nitrogens with one attached hydrogen (secondary N) is 1. The molecule has 1 aliphatic rings. The number of fused-ring (bicyclic) bond motifs is 1. The van der Waals surface area contributed by atoms with Gasteiger partial charge in [0.1, 0.15) is 6.33 Å². The van der Waals surface area contributed by atoms with Crippen LogP contribution in [0.15, 0.2) is 6.33 Å². The lowest BCUT2D eigenvalue weighted by molar-refractivity contribution is -0.121. The Hall–Kier alpha value is -2.44. The van der Waals surface area contributed by atoms with Crippen molar-refractivity contribution in [3.05, 3.63) is 29.0 Å². The normalized spacial score (nSPS) is 14.2. The molecule has 0 radical (unpaired) electrons. The van der Waals surface area contributed by atoms with E-state index in [1.54, 1.807) is 10.7 Å². The predicted molar refractivity (Wildman–Crippen MR) is 85.0 cm³/mol. The van der Waals surface area contributed by atoms with Crippen molar-refractivity contribution in [2.45, 2.75) is 39.5 Å². The van der Waals surface area contributed by atoms with Crippen molar-refractivity contribution in [3.8, 4) is 0 Å². The molecule has 0 atom stereocenters. The van der Waals surface area contributed by atoms with Gasteiger partial charge in [0.05, 0.1) is 0 Å². The van der Waals surface area contributed by atoms with E-state index in [-0.39, 0.29) is 11.6 Å². The van der Waals surface area contributed by atoms with Gasteiger partial charge in [-0.2, -0.15) is 0 Å². The van der Waals surface area contributed by atoms with Crippen LogP contribution in [0.5, 0.6) is 0 Å². The van der Waals surface area contributed by atoms with E-state index in [1.165, 1.54) is 12.8 Å². The van der Waals surface area contributed by atoms with Crippen molar-refractivity contribution in [1.82, 2.24) is 19.7 Å². The molecule has 1 saturated carbocycles. The molecular formula is C16H21N5O2. The van der Waals surface area contributed by atoms with Crippen LogP contribution in [-0.2, 0) is 11.2 Å². The first-order valence-electron chi connectivity index (χ1n) is 7.87. The van der Waals surface area contributed by atoms with Crippen LogP contribution >= 0.6 is 0 Å². The Morgan fingerprint density at radius 3 is 2.78 bits per heavy atom. The number of hydrogen-bond acceptors (Lipinski definition) is 4. The van der Waals surface area contributed by atoms with E-state index in [1.807, 2.05) is 13.8 Å². The quantitative estimate of drug-likeness (QED) is 0.827. The number of carbonyl (C=O) groups is 2. The van der Waals surface area contributed by atoms with E-state index in [9.17, 15) is 9.59 Å². The second kappa shape index (κ2) is 5.98. The zero-order valence-electron chi connectivity index (χ0n) is 13.4. The van der Waals surface area contributed by atoms with Crippen molar-refractivity contribution < 1.29 is 9.59 Å². The van der Waals surface area contributed by atoms with Gasteiger partial charge in [-0.05, 0) is 44.6 Å². The molecule has 1 aliphatic carbocycles. The summed E-state index contributed by atoms with van der Waals surface area (Å²) in [5, 5.41) is 2.97. The van der Waals surface area contributed by atoms with Gasteiger partial charge < -0.3 is 11.1 Å². The molecular weight excluding hydrogens is 294 g/mol. The van der Waals surface area contributed by atoms with Crippen molar-refractivity contribution in [1.29, 1.82) is 0 Å². The highest BCUT2D eigenvalue weighted by Gasteiger charge is 2.22. The third-order valence-electron chi connectivity index (χ3n) is 4.37. The molecule has 122 valence electrons. The molecule has 2 aromatic rings. The lowest BCUT2D eigenvalue weighted by Gasteiger charge is -2.12. The number of nitrogens with zero attached hydrogens (tertiary/aromatic N) is 3. The van der Waals surface area contributed by atoms with E-state index in [4.69, 9.17) is 5.73 Å². The predicted octanol–water partition coefficient (Wildman–Crippen LogP) is 0.904. The summed E-state index contributed by atoms with van der Waals surface area (Å²) in [6.07, 6.45) is 5.04. The van der Waals surface area contributed by atoms with Gasteiger partial charge in [-0.15, -0.1) is 0 Å². The molecule has 23 heavy (non-hydrogen) atoms. The summed E-state index contributed by atoms with van der Waals surface area (Å²) in [7, 11) is 0. The van der Waals surface area contributed by atoms with Crippen LogP contribution in [-0.4, -0.2) is 32.7 Å². The fourth-order valence-corrected chi connectivity index (χ4v) is 2.77. The zero-order valence-corrected chi connectivity index (χ0v) is 13.4. The topological polar surface area (TPSA) is 102 Å². The maximum absolute atomic E-state index is 11.9. The van der Waals surface area contributed by atoms with Gasteiger partial charge in [0, 0.05) is 24.4 Å². The molecule has 0 unspecified atom stereocenters. The Morgan fingerprint density at radius 1 is 1.39 bits per heavy atom. The standard InChI is InChI=1S/C16H21N5O2/c1-9-12(5-6-13(22)18-7-11-3-4-11)10(2)21-8-19-14(15(17)23)16(21)20-9/h8,11H,3-7H2,1-2H3,(H2,17,23)(H,18,22). The Labute approximate surface area is 134 Å². The Morgan fingerprint density at radius 2 is 2.13 bits per heavy atom. The summed E-state index contributed by atoms with van der Waals surface area (Å²) >= 11 is 0. The largest absolute Gasteiger partial charge is 0.364 e. The van der Waals surface area contributed by atoms with E-state index in [2.05, 4.69) is 15.3 Å². The monoisotopic (exact) mass is 315 g/mol. The highest BCUT2D eigenvalue weighted by molar-refractivity contribution is 5.96. The Balaban J connectivity index is 1.77. The molecule has 0 aromatic carbocycles. The minimum absolute atomic E-state index is 0.0688. The maximum atomic E-state index is 11.9. The van der Waals surface area contributed by atoms with Crippen LogP contribution in [0.4, 0.5) is 0 Å². The lowest BCUT2D eigenvalue weighted by Crippen LogP contribution is -2.26. The summed E-state index contributed by atoms with van der Waals surface area (Å²) in [5.74, 6) is 0.156. The fraction of sp³-hybridized carbons (Fsp3) is 0.500. The van der Waals surface area contributed by atoms with Gasteiger partial charge in [0.15, 0.2) is 11.3 Å². The summed E-state index contributed by atoms with van der Waals surface area (Å²) in [6.45, 7) is 4.60. The van der Waals surface area contributed by atoms with E-state index < -0.39 is 5.91 Å². The van der Waals surface area contributed by atoms with Crippen molar-refractivity contribution >= 4 is 17.5 Å². The summed E-state index contributed by atoms with van der Waals surface area (Å²) in [6, 6.07) is 0. The fourth-order valence-electron chi connectivity index (χ4n) is 2.77. The number of aromatic nitrogens is 3. The molecule has 2 amide bonds. The van der Waals surface area contributed by atoms with Gasteiger partial charge >= 0.3 is 0 Å². The molecule has 0 aliphatic heterocycles. The number of aryl methyl sites for hydroxylation is 2. The second-order valence-corrected chi connectivity index (χ2v) is 6.16. The summed E-state index contributed by atoms with van der Waals surface area (Å²) in [4.78, 5) is 31.8. The van der Waals surface area contributed by atoms with E-state index >= 15 is 0 Å². The van der Waals surface area contributed by atoms with Gasteiger partial charge in [-0.3, -0.25) is 14.0 Å². The molecule has 2 aromatic heterocycles. The number of hydrogen-bond donors (Lipinski definition) is 2.